The first-order chi connectivity index (χ1) is 8.36. The summed E-state index contributed by atoms with van der Waals surface area (Å²) in [7, 11) is 0. The highest BCUT2D eigenvalue weighted by molar-refractivity contribution is 5.92. The summed E-state index contributed by atoms with van der Waals surface area (Å²) in [5, 5.41) is 8.68. The second-order valence-corrected chi connectivity index (χ2v) is 3.49. The number of aliphatic carboxylic acids is 1. The molecule has 0 radical (unpaired) electrons. The van der Waals surface area contributed by atoms with Gasteiger partial charge in [0, 0.05) is 6.07 Å². The Hall–Kier alpha value is -2.18. The second kappa shape index (κ2) is 5.44. The first-order valence-corrected chi connectivity index (χ1v) is 5.05. The summed E-state index contributed by atoms with van der Waals surface area (Å²) in [6, 6.07) is 1.20. The van der Waals surface area contributed by atoms with Gasteiger partial charge >= 0.3 is 11.9 Å². The highest BCUT2D eigenvalue weighted by Gasteiger charge is 2.23. The number of carboxylic acids is 1. The van der Waals surface area contributed by atoms with Crippen LogP contribution in [0.1, 0.15) is 23.7 Å². The van der Waals surface area contributed by atoms with E-state index in [-0.39, 0.29) is 6.42 Å². The Morgan fingerprint density at radius 2 is 2.00 bits per heavy atom. The molecule has 0 heterocycles. The zero-order valence-electron chi connectivity index (χ0n) is 9.44. The van der Waals surface area contributed by atoms with E-state index in [4.69, 9.17) is 10.8 Å². The van der Waals surface area contributed by atoms with Gasteiger partial charge in [-0.1, -0.05) is 6.92 Å². The molecule has 3 N–H and O–H groups in total. The van der Waals surface area contributed by atoms with Gasteiger partial charge in [-0.05, 0) is 12.5 Å². The number of hydrogen-bond acceptors (Lipinski definition) is 4. The predicted molar refractivity (Wildman–Crippen MR) is 57.9 cm³/mol. The van der Waals surface area contributed by atoms with Crippen molar-refractivity contribution in [2.24, 2.45) is 0 Å². The Kier molecular flexibility index (Phi) is 4.19. The fourth-order valence-electron chi connectivity index (χ4n) is 1.22. The SMILES string of the molecule is CCC(OC(=O)c1cc(N)c(F)cc1F)C(=O)O. The standard InChI is InChI=1S/C11H11F2NO4/c1-2-9(10(15)16)18-11(17)5-3-8(14)7(13)4-6(5)12/h3-4,9H,2,14H2,1H3,(H,15,16). The lowest BCUT2D eigenvalue weighted by Crippen LogP contribution is -2.26. The number of benzene rings is 1. The zero-order chi connectivity index (χ0) is 13.9. The molecule has 18 heavy (non-hydrogen) atoms. The van der Waals surface area contributed by atoms with E-state index in [0.717, 1.165) is 6.07 Å². The first-order valence-electron chi connectivity index (χ1n) is 5.05. The van der Waals surface area contributed by atoms with E-state index in [1.165, 1.54) is 6.92 Å². The molecule has 0 aliphatic carbocycles. The third-order valence-electron chi connectivity index (χ3n) is 2.20. The smallest absolute Gasteiger partial charge is 0.345 e. The van der Waals surface area contributed by atoms with Gasteiger partial charge in [0.15, 0.2) is 6.10 Å². The Bertz CT molecular complexity index is 490. The molecule has 0 spiro atoms. The van der Waals surface area contributed by atoms with Crippen molar-refractivity contribution < 1.29 is 28.2 Å². The van der Waals surface area contributed by atoms with Crippen LogP contribution < -0.4 is 5.73 Å². The molecule has 1 atom stereocenters. The van der Waals surface area contributed by atoms with Crippen LogP contribution in [-0.4, -0.2) is 23.1 Å². The van der Waals surface area contributed by atoms with Crippen LogP contribution in [0.25, 0.3) is 0 Å². The molecule has 1 aromatic rings. The third kappa shape index (κ3) is 2.93. The number of anilines is 1. The number of rotatable bonds is 4. The summed E-state index contributed by atoms with van der Waals surface area (Å²) in [6.07, 6.45) is -1.36. The molecule has 7 heteroatoms. The molecule has 98 valence electrons. The lowest BCUT2D eigenvalue weighted by atomic mass is 10.2. The van der Waals surface area contributed by atoms with Crippen molar-refractivity contribution in [2.75, 3.05) is 5.73 Å². The number of carbonyl (C=O) groups is 2. The lowest BCUT2D eigenvalue weighted by Gasteiger charge is -2.12. The van der Waals surface area contributed by atoms with Crippen molar-refractivity contribution in [1.29, 1.82) is 0 Å². The van der Waals surface area contributed by atoms with E-state index in [1.807, 2.05) is 0 Å². The summed E-state index contributed by atoms with van der Waals surface area (Å²) >= 11 is 0. The van der Waals surface area contributed by atoms with Gasteiger partial charge in [-0.25, -0.2) is 18.4 Å². The third-order valence-corrected chi connectivity index (χ3v) is 2.20. The number of carboxylic acid groups (broad SMARTS) is 1. The van der Waals surface area contributed by atoms with Gasteiger partial charge in [-0.15, -0.1) is 0 Å². The van der Waals surface area contributed by atoms with E-state index in [9.17, 15) is 18.4 Å². The molecular formula is C11H11F2NO4. The van der Waals surface area contributed by atoms with E-state index in [2.05, 4.69) is 4.74 Å². The van der Waals surface area contributed by atoms with E-state index >= 15 is 0 Å². The molecule has 1 unspecified atom stereocenters. The summed E-state index contributed by atoms with van der Waals surface area (Å²) in [5.74, 6) is -4.71. The Morgan fingerprint density at radius 3 is 2.50 bits per heavy atom. The molecule has 1 aromatic carbocycles. The number of carbonyl (C=O) groups excluding carboxylic acids is 1. The number of hydrogen-bond donors (Lipinski definition) is 2. The molecule has 0 fully saturated rings. The van der Waals surface area contributed by atoms with Gasteiger partial charge in [0.2, 0.25) is 0 Å². The highest BCUT2D eigenvalue weighted by atomic mass is 19.1. The number of ether oxygens (including phenoxy) is 1. The molecule has 0 amide bonds. The normalized spacial score (nSPS) is 11.9. The average molecular weight is 259 g/mol. The molecule has 0 saturated heterocycles. The Morgan fingerprint density at radius 1 is 1.39 bits per heavy atom. The second-order valence-electron chi connectivity index (χ2n) is 3.49. The van der Waals surface area contributed by atoms with Crippen molar-refractivity contribution in [2.45, 2.75) is 19.4 Å². The quantitative estimate of drug-likeness (QED) is 0.632. The van der Waals surface area contributed by atoms with Crippen molar-refractivity contribution in [3.63, 3.8) is 0 Å². The summed E-state index contributed by atoms with van der Waals surface area (Å²) in [4.78, 5) is 22.1. The van der Waals surface area contributed by atoms with E-state index < -0.39 is 40.9 Å². The Balaban J connectivity index is 2.97. The molecule has 1 rings (SSSR count). The molecule has 0 bridgehead atoms. The maximum absolute atomic E-state index is 13.3. The van der Waals surface area contributed by atoms with Crippen LogP contribution >= 0.6 is 0 Å². The van der Waals surface area contributed by atoms with Crippen LogP contribution in [0.3, 0.4) is 0 Å². The molecule has 5 nitrogen and oxygen atoms in total. The molecule has 0 aromatic heterocycles. The van der Waals surface area contributed by atoms with Crippen LogP contribution in [0, 0.1) is 11.6 Å². The van der Waals surface area contributed by atoms with Gasteiger partial charge in [-0.2, -0.15) is 0 Å². The van der Waals surface area contributed by atoms with Gasteiger partial charge in [0.25, 0.3) is 0 Å². The van der Waals surface area contributed by atoms with Crippen LogP contribution in [-0.2, 0) is 9.53 Å². The number of esters is 1. The molecule has 0 aliphatic heterocycles. The summed E-state index contributed by atoms with van der Waals surface area (Å²) < 4.78 is 30.7. The largest absolute Gasteiger partial charge is 0.479 e. The van der Waals surface area contributed by atoms with Crippen molar-refractivity contribution in [3.8, 4) is 0 Å². The monoisotopic (exact) mass is 259 g/mol. The zero-order valence-corrected chi connectivity index (χ0v) is 9.44. The van der Waals surface area contributed by atoms with Crippen molar-refractivity contribution >= 4 is 17.6 Å². The molecular weight excluding hydrogens is 248 g/mol. The number of halogens is 2. The lowest BCUT2D eigenvalue weighted by molar-refractivity contribution is -0.147. The highest BCUT2D eigenvalue weighted by Crippen LogP contribution is 2.18. The summed E-state index contributed by atoms with van der Waals surface area (Å²) in [6.45, 7) is 1.49. The van der Waals surface area contributed by atoms with Crippen molar-refractivity contribution in [1.82, 2.24) is 0 Å². The minimum Gasteiger partial charge on any atom is -0.479 e. The van der Waals surface area contributed by atoms with Crippen LogP contribution in [0.5, 0.6) is 0 Å². The fourth-order valence-corrected chi connectivity index (χ4v) is 1.22. The fraction of sp³-hybridized carbons (Fsp3) is 0.273. The molecule has 0 saturated carbocycles. The average Bonchev–Trinajstić information content (AvgIpc) is 2.29. The van der Waals surface area contributed by atoms with Gasteiger partial charge in [0.1, 0.15) is 11.6 Å². The predicted octanol–water partition coefficient (Wildman–Crippen LogP) is 1.57. The maximum atomic E-state index is 13.3. The van der Waals surface area contributed by atoms with Gasteiger partial charge in [0.05, 0.1) is 11.3 Å². The van der Waals surface area contributed by atoms with Crippen LogP contribution in [0.15, 0.2) is 12.1 Å². The van der Waals surface area contributed by atoms with Crippen molar-refractivity contribution in [3.05, 3.63) is 29.3 Å². The van der Waals surface area contributed by atoms with Gasteiger partial charge in [-0.3, -0.25) is 0 Å². The maximum Gasteiger partial charge on any atom is 0.345 e. The Labute approximate surface area is 101 Å². The van der Waals surface area contributed by atoms with Crippen LogP contribution in [0.2, 0.25) is 0 Å². The summed E-state index contributed by atoms with van der Waals surface area (Å²) in [5.41, 5.74) is 4.16. The minimum absolute atomic E-state index is 0.0272. The first kappa shape index (κ1) is 13.9. The molecule has 0 aliphatic rings. The van der Waals surface area contributed by atoms with Gasteiger partial charge < -0.3 is 15.6 Å². The topological polar surface area (TPSA) is 89.6 Å². The van der Waals surface area contributed by atoms with E-state index in [1.54, 1.807) is 0 Å². The number of nitrogen functional groups attached to an aromatic ring is 1. The minimum atomic E-state index is -1.39. The number of nitrogens with two attached hydrogens (primary N) is 1. The van der Waals surface area contributed by atoms with Crippen LogP contribution in [0.4, 0.5) is 14.5 Å². The van der Waals surface area contributed by atoms with E-state index in [0.29, 0.717) is 6.07 Å².